The maximum Gasteiger partial charge on any atom is 0.343 e. The Balaban J connectivity index is 1.32. The van der Waals surface area contributed by atoms with Crippen LogP contribution in [0.1, 0.15) is 44.1 Å². The van der Waals surface area contributed by atoms with Crippen LogP contribution in [-0.4, -0.2) is 55.0 Å². The van der Waals surface area contributed by atoms with E-state index in [-0.39, 0.29) is 12.0 Å². The fourth-order valence-electron chi connectivity index (χ4n) is 5.21. The minimum atomic E-state index is -1.54. The Kier molecular flexibility index (Phi) is 7.17. The van der Waals surface area contributed by atoms with Crippen molar-refractivity contribution < 1.29 is 23.9 Å². The van der Waals surface area contributed by atoms with E-state index >= 15 is 0 Å². The normalized spacial score (nSPS) is 25.8. The van der Waals surface area contributed by atoms with Crippen LogP contribution in [0.15, 0.2) is 60.7 Å². The average Bonchev–Trinajstić information content (AvgIpc) is 3.37. The van der Waals surface area contributed by atoms with Gasteiger partial charge in [0.05, 0.1) is 20.1 Å². The molecule has 2 aliphatic rings. The molecule has 0 spiro atoms. The van der Waals surface area contributed by atoms with E-state index in [1.165, 1.54) is 0 Å². The van der Waals surface area contributed by atoms with Crippen LogP contribution in [0.25, 0.3) is 0 Å². The molecular formula is C27H36NO4+. The molecule has 1 saturated carbocycles. The first kappa shape index (κ1) is 22.8. The Morgan fingerprint density at radius 3 is 2.19 bits per heavy atom. The quantitative estimate of drug-likeness (QED) is 0.493. The first-order valence-corrected chi connectivity index (χ1v) is 12.0. The number of esters is 1. The van der Waals surface area contributed by atoms with E-state index in [1.807, 2.05) is 60.7 Å². The average molecular weight is 439 g/mol. The third kappa shape index (κ3) is 5.16. The lowest BCUT2D eigenvalue weighted by molar-refractivity contribution is -0.915. The van der Waals surface area contributed by atoms with Gasteiger partial charge in [-0.25, -0.2) is 4.79 Å². The molecule has 0 amide bonds. The number of hydrogen-bond acceptors (Lipinski definition) is 4. The van der Waals surface area contributed by atoms with Crippen molar-refractivity contribution in [2.45, 2.75) is 50.2 Å². The van der Waals surface area contributed by atoms with Gasteiger partial charge in [-0.1, -0.05) is 61.4 Å². The van der Waals surface area contributed by atoms with Gasteiger partial charge in [0.2, 0.25) is 0 Å². The predicted molar refractivity (Wildman–Crippen MR) is 124 cm³/mol. The van der Waals surface area contributed by atoms with Gasteiger partial charge in [-0.2, -0.15) is 0 Å². The SMILES string of the molecule is C[N+]1(CCOc2ccccc2)CCC(OC(=O)[C@](O)(c2ccccc2)C2CCCC2)CC1. The molecule has 0 radical (unpaired) electrons. The highest BCUT2D eigenvalue weighted by molar-refractivity contribution is 5.81. The molecule has 2 aromatic carbocycles. The minimum absolute atomic E-state index is 0.0721. The Hall–Kier alpha value is -2.37. The number of aliphatic hydroxyl groups is 1. The maximum atomic E-state index is 13.3. The first-order chi connectivity index (χ1) is 15.5. The molecule has 1 N–H and O–H groups in total. The van der Waals surface area contributed by atoms with Crippen molar-refractivity contribution in [3.05, 3.63) is 66.2 Å². The van der Waals surface area contributed by atoms with Crippen molar-refractivity contribution in [3.63, 3.8) is 0 Å². The van der Waals surface area contributed by atoms with Crippen LogP contribution in [0.5, 0.6) is 5.75 Å². The monoisotopic (exact) mass is 438 g/mol. The number of rotatable bonds is 8. The Morgan fingerprint density at radius 2 is 1.56 bits per heavy atom. The lowest BCUT2D eigenvalue weighted by Crippen LogP contribution is -2.54. The van der Waals surface area contributed by atoms with Gasteiger partial charge in [-0.15, -0.1) is 0 Å². The van der Waals surface area contributed by atoms with E-state index < -0.39 is 11.6 Å². The van der Waals surface area contributed by atoms with Crippen LogP contribution in [0.3, 0.4) is 0 Å². The topological polar surface area (TPSA) is 55.8 Å². The summed E-state index contributed by atoms with van der Waals surface area (Å²) >= 11 is 0. The fraction of sp³-hybridized carbons (Fsp3) is 0.519. The van der Waals surface area contributed by atoms with Crippen LogP contribution >= 0.6 is 0 Å². The van der Waals surface area contributed by atoms with Gasteiger partial charge >= 0.3 is 5.97 Å². The molecular weight excluding hydrogens is 402 g/mol. The lowest BCUT2D eigenvalue weighted by Gasteiger charge is -2.41. The molecule has 4 rings (SSSR count). The number of hydrogen-bond donors (Lipinski definition) is 1. The number of benzene rings is 2. The standard InChI is InChI=1S/C27H36NO4/c1-28(20-21-31-24-14-6-3-7-15-24)18-16-25(17-19-28)32-26(29)27(30,23-12-8-9-13-23)22-10-4-2-5-11-22/h2-7,10-11,14-15,23,25,30H,8-9,12-13,16-21H2,1H3/q+1/t25?,27-,28?/m0/s1. The summed E-state index contributed by atoms with van der Waals surface area (Å²) < 4.78 is 12.8. The van der Waals surface area contributed by atoms with Crippen molar-refractivity contribution in [1.82, 2.24) is 0 Å². The summed E-state index contributed by atoms with van der Waals surface area (Å²) in [5.74, 6) is 0.358. The number of nitrogens with zero attached hydrogens (tertiary/aromatic N) is 1. The molecule has 2 aromatic rings. The van der Waals surface area contributed by atoms with Gasteiger partial charge in [-0.3, -0.25) is 0 Å². The van der Waals surface area contributed by atoms with Crippen LogP contribution < -0.4 is 4.74 Å². The predicted octanol–water partition coefficient (Wildman–Crippen LogP) is 4.30. The molecule has 1 aliphatic carbocycles. The van der Waals surface area contributed by atoms with Crippen molar-refractivity contribution in [1.29, 1.82) is 0 Å². The largest absolute Gasteiger partial charge is 0.488 e. The number of likely N-dealkylation sites (tertiary alicyclic amines) is 1. The molecule has 5 nitrogen and oxygen atoms in total. The molecule has 1 heterocycles. The van der Waals surface area contributed by atoms with Crippen LogP contribution in [-0.2, 0) is 15.1 Å². The van der Waals surface area contributed by atoms with Gasteiger partial charge < -0.3 is 19.1 Å². The molecule has 1 saturated heterocycles. The van der Waals surface area contributed by atoms with E-state index in [4.69, 9.17) is 9.47 Å². The Labute approximate surface area is 191 Å². The molecule has 0 aromatic heterocycles. The zero-order valence-corrected chi connectivity index (χ0v) is 19.1. The number of piperidine rings is 1. The maximum absolute atomic E-state index is 13.3. The molecule has 32 heavy (non-hydrogen) atoms. The molecule has 1 aliphatic heterocycles. The summed E-state index contributed by atoms with van der Waals surface area (Å²) in [6, 6.07) is 19.3. The first-order valence-electron chi connectivity index (χ1n) is 12.0. The summed E-state index contributed by atoms with van der Waals surface area (Å²) in [5, 5.41) is 11.6. The highest BCUT2D eigenvalue weighted by atomic mass is 16.6. The number of ether oxygens (including phenoxy) is 2. The molecule has 172 valence electrons. The summed E-state index contributed by atoms with van der Waals surface area (Å²) in [7, 11) is 2.24. The van der Waals surface area contributed by atoms with Crippen molar-refractivity contribution in [3.8, 4) is 5.75 Å². The summed E-state index contributed by atoms with van der Waals surface area (Å²) in [4.78, 5) is 13.3. The van der Waals surface area contributed by atoms with Gasteiger partial charge in [-0.05, 0) is 30.5 Å². The summed E-state index contributed by atoms with van der Waals surface area (Å²) in [6.07, 6.45) is 5.31. The van der Waals surface area contributed by atoms with Crippen molar-refractivity contribution in [2.24, 2.45) is 5.92 Å². The van der Waals surface area contributed by atoms with E-state index in [9.17, 15) is 9.90 Å². The van der Waals surface area contributed by atoms with Gasteiger partial charge in [0.25, 0.3) is 0 Å². The second-order valence-corrected chi connectivity index (χ2v) is 9.67. The number of para-hydroxylation sites is 1. The van der Waals surface area contributed by atoms with Crippen molar-refractivity contribution in [2.75, 3.05) is 33.3 Å². The van der Waals surface area contributed by atoms with Crippen LogP contribution in [0.4, 0.5) is 0 Å². The Morgan fingerprint density at radius 1 is 0.969 bits per heavy atom. The smallest absolute Gasteiger partial charge is 0.343 e. The molecule has 0 bridgehead atoms. The zero-order valence-electron chi connectivity index (χ0n) is 19.1. The van der Waals surface area contributed by atoms with Crippen LogP contribution in [0, 0.1) is 5.92 Å². The fourth-order valence-corrected chi connectivity index (χ4v) is 5.21. The van der Waals surface area contributed by atoms with Gasteiger partial charge in [0.15, 0.2) is 5.60 Å². The highest BCUT2D eigenvalue weighted by Gasteiger charge is 2.49. The molecule has 1 atom stereocenters. The van der Waals surface area contributed by atoms with E-state index in [0.29, 0.717) is 12.2 Å². The van der Waals surface area contributed by atoms with E-state index in [0.717, 1.165) is 68.4 Å². The second-order valence-electron chi connectivity index (χ2n) is 9.67. The van der Waals surface area contributed by atoms with Crippen molar-refractivity contribution >= 4 is 5.97 Å². The summed E-state index contributed by atoms with van der Waals surface area (Å²) in [5.41, 5.74) is -0.886. The number of carbonyl (C=O) groups is 1. The minimum Gasteiger partial charge on any atom is -0.488 e. The van der Waals surface area contributed by atoms with Crippen LogP contribution in [0.2, 0.25) is 0 Å². The third-order valence-corrected chi connectivity index (χ3v) is 7.37. The second kappa shape index (κ2) is 10.1. The molecule has 0 unspecified atom stereocenters. The van der Waals surface area contributed by atoms with Gasteiger partial charge in [0, 0.05) is 18.8 Å². The highest BCUT2D eigenvalue weighted by Crippen LogP contribution is 2.42. The lowest BCUT2D eigenvalue weighted by atomic mass is 9.80. The Bertz CT molecular complexity index is 858. The molecule has 2 fully saturated rings. The zero-order chi connectivity index (χ0) is 22.4. The third-order valence-electron chi connectivity index (χ3n) is 7.37. The summed E-state index contributed by atoms with van der Waals surface area (Å²) in [6.45, 7) is 3.46. The van der Waals surface area contributed by atoms with Gasteiger partial charge in [0.1, 0.15) is 25.0 Å². The number of carbonyl (C=O) groups excluding carboxylic acids is 1. The number of quaternary nitrogens is 1. The van der Waals surface area contributed by atoms with E-state index in [2.05, 4.69) is 7.05 Å². The molecule has 5 heteroatoms. The number of likely N-dealkylation sites (N-methyl/N-ethyl adjacent to an activating group) is 1. The van der Waals surface area contributed by atoms with E-state index in [1.54, 1.807) is 0 Å².